The summed E-state index contributed by atoms with van der Waals surface area (Å²) in [6.07, 6.45) is 3.70. The minimum absolute atomic E-state index is 0.0768. The van der Waals surface area contributed by atoms with Crippen LogP contribution in [0.15, 0.2) is 18.3 Å². The van der Waals surface area contributed by atoms with Gasteiger partial charge in [-0.1, -0.05) is 0 Å². The van der Waals surface area contributed by atoms with Gasteiger partial charge in [-0.05, 0) is 38.1 Å². The molecule has 1 aromatic rings. The van der Waals surface area contributed by atoms with Gasteiger partial charge >= 0.3 is 0 Å². The molecule has 2 rings (SSSR count). The fraction of sp³-hybridized carbons (Fsp3) is 0.538. The van der Waals surface area contributed by atoms with E-state index in [-0.39, 0.29) is 12.0 Å². The molecular formula is C13H19N3O2. The van der Waals surface area contributed by atoms with Crippen LogP contribution in [-0.4, -0.2) is 49.1 Å². The first kappa shape index (κ1) is 12.8. The predicted octanol–water partition coefficient (Wildman–Crippen LogP) is 0.914. The Kier molecular flexibility index (Phi) is 4.15. The summed E-state index contributed by atoms with van der Waals surface area (Å²) >= 11 is 0. The van der Waals surface area contributed by atoms with E-state index in [0.717, 1.165) is 25.9 Å². The molecule has 1 fully saturated rings. The van der Waals surface area contributed by atoms with E-state index in [0.29, 0.717) is 11.4 Å². The van der Waals surface area contributed by atoms with Gasteiger partial charge in [0.15, 0.2) is 0 Å². The average molecular weight is 249 g/mol. The van der Waals surface area contributed by atoms with Gasteiger partial charge in [0.1, 0.15) is 11.7 Å². The number of carbonyl (C=O) groups excluding carboxylic acids is 1. The van der Waals surface area contributed by atoms with Crippen molar-refractivity contribution in [3.63, 3.8) is 0 Å². The Hall–Kier alpha value is -1.62. The normalized spacial score (nSPS) is 16.3. The van der Waals surface area contributed by atoms with E-state index >= 15 is 0 Å². The zero-order chi connectivity index (χ0) is 13.0. The van der Waals surface area contributed by atoms with Crippen molar-refractivity contribution in [1.82, 2.24) is 15.2 Å². The first-order valence-electron chi connectivity index (χ1n) is 6.22. The molecule has 0 aliphatic carbocycles. The van der Waals surface area contributed by atoms with Gasteiger partial charge < -0.3 is 15.0 Å². The SMILES string of the molecule is CN(C)C(=O)c1cccnc1OC1CCNCC1. The van der Waals surface area contributed by atoms with Crippen LogP contribution in [0.3, 0.4) is 0 Å². The monoisotopic (exact) mass is 249 g/mol. The van der Waals surface area contributed by atoms with Crippen molar-refractivity contribution in [2.75, 3.05) is 27.2 Å². The minimum atomic E-state index is -0.0768. The molecule has 0 spiro atoms. The maximum atomic E-state index is 12.0. The number of nitrogens with zero attached hydrogens (tertiary/aromatic N) is 2. The van der Waals surface area contributed by atoms with Crippen LogP contribution in [0.2, 0.25) is 0 Å². The summed E-state index contributed by atoms with van der Waals surface area (Å²) in [5, 5.41) is 3.28. The smallest absolute Gasteiger partial charge is 0.258 e. The van der Waals surface area contributed by atoms with Crippen LogP contribution in [-0.2, 0) is 0 Å². The molecule has 1 N–H and O–H groups in total. The van der Waals surface area contributed by atoms with E-state index in [1.165, 1.54) is 4.90 Å². The summed E-state index contributed by atoms with van der Waals surface area (Å²) in [6, 6.07) is 3.51. The van der Waals surface area contributed by atoms with E-state index < -0.39 is 0 Å². The third-order valence-electron chi connectivity index (χ3n) is 2.97. The van der Waals surface area contributed by atoms with E-state index in [9.17, 15) is 4.79 Å². The maximum absolute atomic E-state index is 12.0. The minimum Gasteiger partial charge on any atom is -0.474 e. The summed E-state index contributed by atoms with van der Waals surface area (Å²) in [4.78, 5) is 17.7. The fourth-order valence-electron chi connectivity index (χ4n) is 1.96. The molecule has 1 aliphatic heterocycles. The van der Waals surface area contributed by atoms with Crippen LogP contribution < -0.4 is 10.1 Å². The van der Waals surface area contributed by atoms with Crippen molar-refractivity contribution in [2.24, 2.45) is 0 Å². The maximum Gasteiger partial charge on any atom is 0.258 e. The molecule has 5 nitrogen and oxygen atoms in total. The molecule has 1 aliphatic rings. The summed E-state index contributed by atoms with van der Waals surface area (Å²) in [6.45, 7) is 1.91. The van der Waals surface area contributed by atoms with Crippen LogP contribution in [0.25, 0.3) is 0 Å². The van der Waals surface area contributed by atoms with Gasteiger partial charge in [-0.25, -0.2) is 4.98 Å². The summed E-state index contributed by atoms with van der Waals surface area (Å²) < 4.78 is 5.86. The van der Waals surface area contributed by atoms with Crippen LogP contribution in [0, 0.1) is 0 Å². The highest BCUT2D eigenvalue weighted by Crippen LogP contribution is 2.19. The Morgan fingerprint density at radius 2 is 2.17 bits per heavy atom. The molecule has 98 valence electrons. The van der Waals surface area contributed by atoms with E-state index in [4.69, 9.17) is 4.74 Å². The molecule has 0 saturated carbocycles. The van der Waals surface area contributed by atoms with Gasteiger partial charge in [0, 0.05) is 20.3 Å². The molecule has 5 heteroatoms. The molecule has 0 bridgehead atoms. The van der Waals surface area contributed by atoms with Crippen LogP contribution in [0.4, 0.5) is 0 Å². The lowest BCUT2D eigenvalue weighted by Crippen LogP contribution is -2.34. The number of nitrogens with one attached hydrogen (secondary N) is 1. The summed E-state index contributed by atoms with van der Waals surface area (Å²) in [5.41, 5.74) is 0.529. The second-order valence-electron chi connectivity index (χ2n) is 4.62. The van der Waals surface area contributed by atoms with Crippen molar-refractivity contribution >= 4 is 5.91 Å². The van der Waals surface area contributed by atoms with E-state index in [2.05, 4.69) is 10.3 Å². The number of pyridine rings is 1. The van der Waals surface area contributed by atoms with E-state index in [1.54, 1.807) is 32.4 Å². The number of piperidine rings is 1. The van der Waals surface area contributed by atoms with E-state index in [1.807, 2.05) is 0 Å². The lowest BCUT2D eigenvalue weighted by atomic mass is 10.1. The Balaban J connectivity index is 2.14. The molecular weight excluding hydrogens is 230 g/mol. The van der Waals surface area contributed by atoms with Gasteiger partial charge in [0.25, 0.3) is 5.91 Å². The molecule has 18 heavy (non-hydrogen) atoms. The number of ether oxygens (including phenoxy) is 1. The fourth-order valence-corrected chi connectivity index (χ4v) is 1.96. The first-order valence-corrected chi connectivity index (χ1v) is 6.22. The number of hydrogen-bond donors (Lipinski definition) is 1. The third-order valence-corrected chi connectivity index (χ3v) is 2.97. The topological polar surface area (TPSA) is 54.5 Å². The second-order valence-corrected chi connectivity index (χ2v) is 4.62. The van der Waals surface area contributed by atoms with Crippen LogP contribution in [0.1, 0.15) is 23.2 Å². The number of rotatable bonds is 3. The highest BCUT2D eigenvalue weighted by molar-refractivity contribution is 5.95. The van der Waals surface area contributed by atoms with Gasteiger partial charge in [-0.2, -0.15) is 0 Å². The molecule has 2 heterocycles. The number of carbonyl (C=O) groups is 1. The first-order chi connectivity index (χ1) is 8.68. The Labute approximate surface area is 107 Å². The predicted molar refractivity (Wildman–Crippen MR) is 68.8 cm³/mol. The van der Waals surface area contributed by atoms with Gasteiger partial charge in [0.05, 0.1) is 0 Å². The van der Waals surface area contributed by atoms with Crippen molar-refractivity contribution in [2.45, 2.75) is 18.9 Å². The second kappa shape index (κ2) is 5.82. The summed E-state index contributed by atoms with van der Waals surface area (Å²) in [5.74, 6) is 0.370. The summed E-state index contributed by atoms with van der Waals surface area (Å²) in [7, 11) is 3.45. The van der Waals surface area contributed by atoms with Crippen LogP contribution >= 0.6 is 0 Å². The number of aromatic nitrogens is 1. The quantitative estimate of drug-likeness (QED) is 0.865. The largest absolute Gasteiger partial charge is 0.474 e. The molecule has 1 saturated heterocycles. The van der Waals surface area contributed by atoms with Crippen LogP contribution in [0.5, 0.6) is 5.88 Å². The van der Waals surface area contributed by atoms with Crippen molar-refractivity contribution in [3.8, 4) is 5.88 Å². The Morgan fingerprint density at radius 1 is 1.44 bits per heavy atom. The number of hydrogen-bond acceptors (Lipinski definition) is 4. The standard InChI is InChI=1S/C13H19N3O2/c1-16(2)13(17)11-4-3-7-15-12(11)18-10-5-8-14-9-6-10/h3-4,7,10,14H,5-6,8-9H2,1-2H3. The highest BCUT2D eigenvalue weighted by Gasteiger charge is 2.20. The lowest BCUT2D eigenvalue weighted by molar-refractivity contribution is 0.0815. The van der Waals surface area contributed by atoms with Crippen molar-refractivity contribution in [3.05, 3.63) is 23.9 Å². The number of amides is 1. The van der Waals surface area contributed by atoms with Gasteiger partial charge in [-0.15, -0.1) is 0 Å². The molecule has 0 unspecified atom stereocenters. The molecule has 1 amide bonds. The lowest BCUT2D eigenvalue weighted by Gasteiger charge is -2.24. The Bertz CT molecular complexity index is 414. The van der Waals surface area contributed by atoms with Gasteiger partial charge in [0.2, 0.25) is 5.88 Å². The zero-order valence-corrected chi connectivity index (χ0v) is 10.8. The molecule has 0 aromatic carbocycles. The third kappa shape index (κ3) is 2.98. The average Bonchev–Trinajstić information content (AvgIpc) is 2.39. The molecule has 0 radical (unpaired) electrons. The zero-order valence-electron chi connectivity index (χ0n) is 10.8. The van der Waals surface area contributed by atoms with Crippen molar-refractivity contribution in [1.29, 1.82) is 0 Å². The Morgan fingerprint density at radius 3 is 2.83 bits per heavy atom. The van der Waals surface area contributed by atoms with Gasteiger partial charge in [-0.3, -0.25) is 4.79 Å². The van der Waals surface area contributed by atoms with Crippen molar-refractivity contribution < 1.29 is 9.53 Å². The molecule has 0 atom stereocenters. The highest BCUT2D eigenvalue weighted by atomic mass is 16.5. The molecule has 1 aromatic heterocycles.